The molecule has 0 saturated carbocycles. The standard InChI is InChI=1S/C16H21N3O5/c20-10-12-9-18(5-7-23-11-12)15(21)17-13-3-1-2-4-14(13)19-6-8-24-16(19)22/h1-4,12,20H,5-11H2,(H,17,21)/t12-/m1/s1. The molecule has 2 N–H and O–H groups in total. The number of ether oxygens (including phenoxy) is 2. The van der Waals surface area contributed by atoms with E-state index >= 15 is 0 Å². The number of aliphatic hydroxyl groups excluding tert-OH is 1. The highest BCUT2D eigenvalue weighted by Gasteiger charge is 2.27. The molecule has 8 heteroatoms. The summed E-state index contributed by atoms with van der Waals surface area (Å²) < 4.78 is 10.4. The van der Waals surface area contributed by atoms with E-state index in [0.717, 1.165) is 0 Å². The van der Waals surface area contributed by atoms with Crippen LogP contribution in [0.3, 0.4) is 0 Å². The van der Waals surface area contributed by atoms with Gasteiger partial charge in [0.1, 0.15) is 6.61 Å². The number of hydrogen-bond donors (Lipinski definition) is 2. The summed E-state index contributed by atoms with van der Waals surface area (Å²) in [7, 11) is 0. The third-order valence-electron chi connectivity index (χ3n) is 4.08. The van der Waals surface area contributed by atoms with Crippen LogP contribution >= 0.6 is 0 Å². The van der Waals surface area contributed by atoms with Gasteiger partial charge in [-0.05, 0) is 12.1 Å². The van der Waals surface area contributed by atoms with Gasteiger partial charge in [0.25, 0.3) is 0 Å². The first-order chi connectivity index (χ1) is 11.7. The van der Waals surface area contributed by atoms with Crippen LogP contribution in [0.25, 0.3) is 0 Å². The maximum absolute atomic E-state index is 12.6. The van der Waals surface area contributed by atoms with Crippen LogP contribution in [0, 0.1) is 5.92 Å². The number of hydrogen-bond acceptors (Lipinski definition) is 5. The normalized spacial score (nSPS) is 21.4. The van der Waals surface area contributed by atoms with Crippen LogP contribution in [0.4, 0.5) is 21.0 Å². The summed E-state index contributed by atoms with van der Waals surface area (Å²) in [5.41, 5.74) is 1.16. The van der Waals surface area contributed by atoms with E-state index in [2.05, 4.69) is 5.32 Å². The second kappa shape index (κ2) is 7.50. The lowest BCUT2D eigenvalue weighted by atomic mass is 10.1. The smallest absolute Gasteiger partial charge is 0.414 e. The van der Waals surface area contributed by atoms with Crippen molar-refractivity contribution in [2.45, 2.75) is 0 Å². The van der Waals surface area contributed by atoms with Crippen LogP contribution in [0.2, 0.25) is 0 Å². The fourth-order valence-corrected chi connectivity index (χ4v) is 2.80. The van der Waals surface area contributed by atoms with Gasteiger partial charge in [0.05, 0.1) is 31.1 Å². The summed E-state index contributed by atoms with van der Waals surface area (Å²) in [6.45, 7) is 2.52. The van der Waals surface area contributed by atoms with Crippen molar-refractivity contribution in [1.29, 1.82) is 0 Å². The first-order valence-corrected chi connectivity index (χ1v) is 7.97. The summed E-state index contributed by atoms with van der Waals surface area (Å²) in [4.78, 5) is 27.5. The van der Waals surface area contributed by atoms with Crippen molar-refractivity contribution in [2.75, 3.05) is 56.3 Å². The molecule has 130 valence electrons. The zero-order chi connectivity index (χ0) is 16.9. The SMILES string of the molecule is O=C(Nc1ccccc1N1CCOC1=O)N1CCOC[C@@H](CO)C1. The Morgan fingerprint density at radius 2 is 2.12 bits per heavy atom. The number of rotatable bonds is 3. The Labute approximate surface area is 139 Å². The minimum atomic E-state index is -0.416. The van der Waals surface area contributed by atoms with Gasteiger partial charge >= 0.3 is 12.1 Å². The van der Waals surface area contributed by atoms with Crippen molar-refractivity contribution in [1.82, 2.24) is 4.90 Å². The quantitative estimate of drug-likeness (QED) is 0.864. The van der Waals surface area contributed by atoms with Crippen molar-refractivity contribution in [3.8, 4) is 0 Å². The van der Waals surface area contributed by atoms with Crippen molar-refractivity contribution >= 4 is 23.5 Å². The molecule has 3 rings (SSSR count). The van der Waals surface area contributed by atoms with E-state index in [1.807, 2.05) is 0 Å². The molecule has 8 nitrogen and oxygen atoms in total. The van der Waals surface area contributed by atoms with Crippen LogP contribution in [0.1, 0.15) is 0 Å². The van der Waals surface area contributed by atoms with Gasteiger partial charge in [-0.1, -0.05) is 12.1 Å². The van der Waals surface area contributed by atoms with E-state index in [1.165, 1.54) is 4.90 Å². The molecule has 2 fully saturated rings. The minimum absolute atomic E-state index is 0.0278. The van der Waals surface area contributed by atoms with Gasteiger partial charge in [-0.25, -0.2) is 9.59 Å². The predicted molar refractivity (Wildman–Crippen MR) is 87.1 cm³/mol. The highest BCUT2D eigenvalue weighted by Crippen LogP contribution is 2.28. The Hall–Kier alpha value is -2.32. The van der Waals surface area contributed by atoms with E-state index in [0.29, 0.717) is 50.8 Å². The molecule has 0 radical (unpaired) electrons. The number of anilines is 2. The lowest BCUT2D eigenvalue weighted by Crippen LogP contribution is -2.40. The van der Waals surface area contributed by atoms with E-state index in [-0.39, 0.29) is 18.6 Å². The molecule has 0 aliphatic carbocycles. The van der Waals surface area contributed by atoms with Crippen LogP contribution in [0.5, 0.6) is 0 Å². The molecule has 3 amide bonds. The molecule has 2 saturated heterocycles. The molecular formula is C16H21N3O5. The molecule has 2 aliphatic rings. The average molecular weight is 335 g/mol. The number of carbonyl (C=O) groups is 2. The lowest BCUT2D eigenvalue weighted by molar-refractivity contribution is 0.0958. The lowest BCUT2D eigenvalue weighted by Gasteiger charge is -2.24. The van der Waals surface area contributed by atoms with Crippen molar-refractivity contribution in [3.63, 3.8) is 0 Å². The van der Waals surface area contributed by atoms with Gasteiger partial charge in [-0.15, -0.1) is 0 Å². The monoisotopic (exact) mass is 335 g/mol. The number of nitrogens with one attached hydrogen (secondary N) is 1. The van der Waals surface area contributed by atoms with E-state index in [4.69, 9.17) is 9.47 Å². The maximum Gasteiger partial charge on any atom is 0.414 e. The summed E-state index contributed by atoms with van der Waals surface area (Å²) in [6, 6.07) is 6.83. The zero-order valence-corrected chi connectivity index (χ0v) is 13.3. The van der Waals surface area contributed by atoms with Crippen molar-refractivity contribution < 1.29 is 24.2 Å². The minimum Gasteiger partial charge on any atom is -0.447 e. The Morgan fingerprint density at radius 3 is 2.88 bits per heavy atom. The van der Waals surface area contributed by atoms with Crippen LogP contribution in [0.15, 0.2) is 24.3 Å². The topological polar surface area (TPSA) is 91.3 Å². The molecule has 1 aromatic carbocycles. The highest BCUT2D eigenvalue weighted by atomic mass is 16.6. The molecule has 1 aromatic rings. The molecule has 0 aromatic heterocycles. The first kappa shape index (κ1) is 16.5. The Bertz CT molecular complexity index is 609. The average Bonchev–Trinajstić information content (AvgIpc) is 2.87. The Balaban J connectivity index is 1.73. The molecular weight excluding hydrogens is 314 g/mol. The van der Waals surface area contributed by atoms with Crippen LogP contribution in [-0.4, -0.2) is 68.2 Å². The van der Waals surface area contributed by atoms with Gasteiger partial charge in [0.15, 0.2) is 0 Å². The van der Waals surface area contributed by atoms with Gasteiger partial charge < -0.3 is 24.8 Å². The van der Waals surface area contributed by atoms with Gasteiger partial charge in [0, 0.05) is 25.6 Å². The second-order valence-corrected chi connectivity index (χ2v) is 5.78. The third-order valence-corrected chi connectivity index (χ3v) is 4.08. The Kier molecular flexibility index (Phi) is 5.17. The number of benzene rings is 1. The summed E-state index contributed by atoms with van der Waals surface area (Å²) in [5.74, 6) is -0.0953. The number of amides is 3. The summed E-state index contributed by atoms with van der Waals surface area (Å²) >= 11 is 0. The summed E-state index contributed by atoms with van der Waals surface area (Å²) in [6.07, 6.45) is -0.416. The molecule has 2 heterocycles. The number of urea groups is 1. The van der Waals surface area contributed by atoms with Crippen molar-refractivity contribution in [3.05, 3.63) is 24.3 Å². The maximum atomic E-state index is 12.6. The van der Waals surface area contributed by atoms with Gasteiger partial charge in [0.2, 0.25) is 0 Å². The largest absolute Gasteiger partial charge is 0.447 e. The fourth-order valence-electron chi connectivity index (χ4n) is 2.80. The zero-order valence-electron chi connectivity index (χ0n) is 13.3. The molecule has 24 heavy (non-hydrogen) atoms. The van der Waals surface area contributed by atoms with Crippen LogP contribution in [-0.2, 0) is 9.47 Å². The number of carbonyl (C=O) groups excluding carboxylic acids is 2. The summed E-state index contributed by atoms with van der Waals surface area (Å²) in [5, 5.41) is 12.2. The predicted octanol–water partition coefficient (Wildman–Crippen LogP) is 1.12. The van der Waals surface area contributed by atoms with E-state index in [1.54, 1.807) is 29.2 Å². The molecule has 0 unspecified atom stereocenters. The van der Waals surface area contributed by atoms with E-state index in [9.17, 15) is 14.7 Å². The third kappa shape index (κ3) is 3.60. The number of nitrogens with zero attached hydrogens (tertiary/aromatic N) is 2. The number of cyclic esters (lactones) is 1. The first-order valence-electron chi connectivity index (χ1n) is 7.97. The highest BCUT2D eigenvalue weighted by molar-refractivity contribution is 5.99. The molecule has 0 bridgehead atoms. The van der Waals surface area contributed by atoms with Crippen LogP contribution < -0.4 is 10.2 Å². The van der Waals surface area contributed by atoms with Crippen molar-refractivity contribution in [2.24, 2.45) is 5.92 Å². The number of aliphatic hydroxyl groups is 1. The second-order valence-electron chi connectivity index (χ2n) is 5.78. The Morgan fingerprint density at radius 1 is 1.29 bits per heavy atom. The molecule has 1 atom stereocenters. The van der Waals surface area contributed by atoms with Gasteiger partial charge in [-0.3, -0.25) is 4.90 Å². The molecule has 0 spiro atoms. The van der Waals surface area contributed by atoms with E-state index < -0.39 is 6.09 Å². The molecule has 2 aliphatic heterocycles. The van der Waals surface area contributed by atoms with Gasteiger partial charge in [-0.2, -0.15) is 0 Å². The number of para-hydroxylation sites is 2. The fraction of sp³-hybridized carbons (Fsp3) is 0.500.